The Morgan fingerprint density at radius 2 is 1.94 bits per heavy atom. The second kappa shape index (κ2) is 4.34. The van der Waals surface area contributed by atoms with Crippen molar-refractivity contribution in [1.29, 1.82) is 0 Å². The number of benzene rings is 1. The van der Waals surface area contributed by atoms with E-state index in [9.17, 15) is 13.6 Å². The van der Waals surface area contributed by atoms with Gasteiger partial charge in [-0.05, 0) is 36.0 Å². The van der Waals surface area contributed by atoms with E-state index in [-0.39, 0.29) is 12.3 Å². The van der Waals surface area contributed by atoms with Crippen LogP contribution in [0.1, 0.15) is 50.2 Å². The zero-order valence-electron chi connectivity index (χ0n) is 10.5. The topological polar surface area (TPSA) is 37.3 Å². The minimum atomic E-state index is -0.942. The molecule has 0 aromatic heterocycles. The average molecular weight is 254 g/mol. The van der Waals surface area contributed by atoms with Crippen LogP contribution < -0.4 is 0 Å². The van der Waals surface area contributed by atoms with Gasteiger partial charge in [0.2, 0.25) is 0 Å². The van der Waals surface area contributed by atoms with Crippen LogP contribution in [0.4, 0.5) is 8.78 Å². The first-order valence-electron chi connectivity index (χ1n) is 6.07. The van der Waals surface area contributed by atoms with Gasteiger partial charge in [-0.25, -0.2) is 8.78 Å². The van der Waals surface area contributed by atoms with Gasteiger partial charge >= 0.3 is 5.97 Å². The van der Waals surface area contributed by atoms with E-state index < -0.39 is 23.0 Å². The molecule has 98 valence electrons. The highest BCUT2D eigenvalue weighted by Gasteiger charge is 2.48. The number of rotatable bonds is 4. The molecule has 1 aromatic rings. The molecule has 1 fully saturated rings. The van der Waals surface area contributed by atoms with E-state index in [0.29, 0.717) is 24.0 Å². The molecule has 1 aliphatic carbocycles. The zero-order chi connectivity index (χ0) is 13.5. The molecule has 1 aliphatic rings. The van der Waals surface area contributed by atoms with Gasteiger partial charge in [-0.3, -0.25) is 4.79 Å². The summed E-state index contributed by atoms with van der Waals surface area (Å²) in [6.45, 7) is 3.66. The van der Waals surface area contributed by atoms with Crippen LogP contribution in [0, 0.1) is 11.6 Å². The van der Waals surface area contributed by atoms with Crippen molar-refractivity contribution in [3.05, 3.63) is 34.9 Å². The van der Waals surface area contributed by atoms with Crippen molar-refractivity contribution in [2.45, 2.75) is 44.4 Å². The highest BCUT2D eigenvalue weighted by atomic mass is 19.1. The van der Waals surface area contributed by atoms with Crippen molar-refractivity contribution in [1.82, 2.24) is 0 Å². The van der Waals surface area contributed by atoms with E-state index in [2.05, 4.69) is 0 Å². The van der Waals surface area contributed by atoms with Crippen molar-refractivity contribution in [3.63, 3.8) is 0 Å². The van der Waals surface area contributed by atoms with Crippen molar-refractivity contribution in [2.75, 3.05) is 0 Å². The van der Waals surface area contributed by atoms with Gasteiger partial charge in [-0.1, -0.05) is 13.8 Å². The van der Waals surface area contributed by atoms with Crippen molar-refractivity contribution >= 4 is 5.97 Å². The third-order valence-electron chi connectivity index (χ3n) is 3.62. The Balaban J connectivity index is 2.45. The molecule has 1 aromatic carbocycles. The molecule has 0 aliphatic heterocycles. The predicted octanol–water partition coefficient (Wildman–Crippen LogP) is 3.59. The summed E-state index contributed by atoms with van der Waals surface area (Å²) in [5, 5.41) is 8.88. The number of halogens is 2. The molecule has 1 N–H and O–H groups in total. The monoisotopic (exact) mass is 254 g/mol. The van der Waals surface area contributed by atoms with Crippen LogP contribution in [0.25, 0.3) is 0 Å². The van der Waals surface area contributed by atoms with Crippen LogP contribution >= 0.6 is 0 Å². The van der Waals surface area contributed by atoms with Gasteiger partial charge in [0.15, 0.2) is 0 Å². The molecule has 2 nitrogen and oxygen atoms in total. The Kier molecular flexibility index (Phi) is 3.13. The van der Waals surface area contributed by atoms with Gasteiger partial charge in [0.1, 0.15) is 11.6 Å². The van der Waals surface area contributed by atoms with E-state index in [0.717, 1.165) is 6.07 Å². The molecule has 1 saturated carbocycles. The number of hydrogen-bond donors (Lipinski definition) is 1. The van der Waals surface area contributed by atoms with Gasteiger partial charge < -0.3 is 5.11 Å². The summed E-state index contributed by atoms with van der Waals surface area (Å²) in [5.41, 5.74) is 0.186. The molecule has 0 spiro atoms. The fourth-order valence-corrected chi connectivity index (χ4v) is 2.40. The smallest absolute Gasteiger partial charge is 0.304 e. The van der Waals surface area contributed by atoms with E-state index in [1.807, 2.05) is 13.8 Å². The Labute approximate surface area is 105 Å². The number of carbonyl (C=O) groups is 1. The number of aliphatic carboxylic acids is 1. The average Bonchev–Trinajstić information content (AvgIpc) is 2.96. The van der Waals surface area contributed by atoms with E-state index >= 15 is 0 Å². The minimum absolute atomic E-state index is 0.0509. The van der Waals surface area contributed by atoms with E-state index in [1.54, 1.807) is 0 Å². The van der Waals surface area contributed by atoms with Crippen LogP contribution in [-0.2, 0) is 10.2 Å². The fourth-order valence-electron chi connectivity index (χ4n) is 2.40. The van der Waals surface area contributed by atoms with Crippen molar-refractivity contribution in [3.8, 4) is 0 Å². The maximum absolute atomic E-state index is 13.8. The second-order valence-corrected chi connectivity index (χ2v) is 5.36. The standard InChI is InChI=1S/C14H16F2O2/c1-8(2)9-5-10(12(16)6-11(9)15)14(3-4-14)7-13(17)18/h5-6,8H,3-4,7H2,1-2H3,(H,17,18). The fraction of sp³-hybridized carbons (Fsp3) is 0.500. The van der Waals surface area contributed by atoms with Crippen LogP contribution in [0.15, 0.2) is 12.1 Å². The molecule has 0 radical (unpaired) electrons. The lowest BCUT2D eigenvalue weighted by atomic mass is 9.88. The molecular formula is C14H16F2O2. The Bertz CT molecular complexity index is 491. The first-order chi connectivity index (χ1) is 8.35. The van der Waals surface area contributed by atoms with Gasteiger partial charge in [0.25, 0.3) is 0 Å². The molecular weight excluding hydrogens is 238 g/mol. The number of hydrogen-bond acceptors (Lipinski definition) is 1. The third-order valence-corrected chi connectivity index (χ3v) is 3.62. The quantitative estimate of drug-likeness (QED) is 0.891. The summed E-state index contributed by atoms with van der Waals surface area (Å²) in [4.78, 5) is 10.8. The van der Waals surface area contributed by atoms with E-state index in [4.69, 9.17) is 5.11 Å². The number of carboxylic acid groups (broad SMARTS) is 1. The molecule has 0 bridgehead atoms. The van der Waals surface area contributed by atoms with Crippen molar-refractivity contribution in [2.24, 2.45) is 0 Å². The van der Waals surface area contributed by atoms with Crippen LogP contribution in [-0.4, -0.2) is 11.1 Å². The first-order valence-corrected chi connectivity index (χ1v) is 6.07. The predicted molar refractivity (Wildman–Crippen MR) is 63.6 cm³/mol. The first kappa shape index (κ1) is 13.0. The van der Waals surface area contributed by atoms with E-state index in [1.165, 1.54) is 6.07 Å². The lowest BCUT2D eigenvalue weighted by Crippen LogP contribution is -2.16. The largest absolute Gasteiger partial charge is 0.481 e. The molecule has 0 amide bonds. The molecule has 4 heteroatoms. The van der Waals surface area contributed by atoms with Gasteiger partial charge in [-0.2, -0.15) is 0 Å². The van der Waals surface area contributed by atoms with Gasteiger partial charge in [0.05, 0.1) is 6.42 Å². The molecule has 0 unspecified atom stereocenters. The summed E-state index contributed by atoms with van der Waals surface area (Å²) in [6.07, 6.45) is 1.21. The molecule has 0 saturated heterocycles. The lowest BCUT2D eigenvalue weighted by molar-refractivity contribution is -0.137. The number of carboxylic acids is 1. The summed E-state index contributed by atoms with van der Waals surface area (Å²) in [5.74, 6) is -2.18. The molecule has 0 heterocycles. The van der Waals surface area contributed by atoms with Crippen LogP contribution in [0.3, 0.4) is 0 Å². The summed E-state index contributed by atoms with van der Waals surface area (Å²) >= 11 is 0. The van der Waals surface area contributed by atoms with Crippen LogP contribution in [0.2, 0.25) is 0 Å². The Morgan fingerprint density at radius 1 is 1.33 bits per heavy atom. The Morgan fingerprint density at radius 3 is 2.39 bits per heavy atom. The minimum Gasteiger partial charge on any atom is -0.481 e. The normalized spacial score (nSPS) is 16.9. The highest BCUT2D eigenvalue weighted by molar-refractivity contribution is 5.70. The lowest BCUT2D eigenvalue weighted by Gasteiger charge is -2.17. The molecule has 0 atom stereocenters. The van der Waals surface area contributed by atoms with Gasteiger partial charge in [-0.15, -0.1) is 0 Å². The summed E-state index contributed by atoms with van der Waals surface area (Å²) in [6, 6.07) is 2.39. The zero-order valence-corrected chi connectivity index (χ0v) is 10.5. The molecule has 18 heavy (non-hydrogen) atoms. The van der Waals surface area contributed by atoms with Crippen LogP contribution in [0.5, 0.6) is 0 Å². The summed E-state index contributed by atoms with van der Waals surface area (Å²) in [7, 11) is 0. The SMILES string of the molecule is CC(C)c1cc(C2(CC(=O)O)CC2)c(F)cc1F. The van der Waals surface area contributed by atoms with Gasteiger partial charge in [0, 0.05) is 11.5 Å². The molecule has 2 rings (SSSR count). The summed E-state index contributed by atoms with van der Waals surface area (Å²) < 4.78 is 27.4. The second-order valence-electron chi connectivity index (χ2n) is 5.36. The maximum atomic E-state index is 13.8. The maximum Gasteiger partial charge on any atom is 0.304 e. The Hall–Kier alpha value is -1.45. The highest BCUT2D eigenvalue weighted by Crippen LogP contribution is 2.52. The third kappa shape index (κ3) is 2.24. The van der Waals surface area contributed by atoms with Crippen molar-refractivity contribution < 1.29 is 18.7 Å².